The zero-order valence-electron chi connectivity index (χ0n) is 16.8. The quantitative estimate of drug-likeness (QED) is 0.400. The number of allylic oxidation sites excluding steroid dienone is 1. The van der Waals surface area contributed by atoms with Gasteiger partial charge in [0.2, 0.25) is 5.88 Å². The Kier molecular flexibility index (Phi) is 4.68. The largest absolute Gasteiger partial charge is 0.439 e. The normalized spacial score (nSPS) is 15.2. The van der Waals surface area contributed by atoms with Gasteiger partial charge in [-0.3, -0.25) is 0 Å². The zero-order chi connectivity index (χ0) is 22.2. The number of hydrogen-bond acceptors (Lipinski definition) is 5. The molecule has 2 N–H and O–H groups in total. The van der Waals surface area contributed by atoms with Crippen LogP contribution in [0.25, 0.3) is 11.0 Å². The molecule has 6 nitrogen and oxygen atoms in total. The monoisotopic (exact) mass is 426 g/mol. The van der Waals surface area contributed by atoms with Crippen LogP contribution in [0.3, 0.4) is 0 Å². The highest BCUT2D eigenvalue weighted by Crippen LogP contribution is 2.43. The molecule has 2 aromatic heterocycles. The Labute approximate surface area is 182 Å². The smallest absolute Gasteiger partial charge is 0.344 e. The van der Waals surface area contributed by atoms with Crippen molar-refractivity contribution in [3.8, 4) is 11.8 Å². The maximum atomic E-state index is 13.2. The van der Waals surface area contributed by atoms with Crippen molar-refractivity contribution < 1.29 is 18.1 Å². The number of ether oxygens (including phenoxy) is 1. The van der Waals surface area contributed by atoms with Gasteiger partial charge in [0, 0.05) is 17.2 Å². The zero-order valence-corrected chi connectivity index (χ0v) is 16.8. The van der Waals surface area contributed by atoms with Gasteiger partial charge in [0.25, 0.3) is 0 Å². The van der Waals surface area contributed by atoms with Crippen molar-refractivity contribution in [3.05, 3.63) is 117 Å². The first-order valence-electron chi connectivity index (χ1n) is 9.92. The van der Waals surface area contributed by atoms with Crippen LogP contribution in [0.15, 0.2) is 93.7 Å². The predicted octanol–water partition coefficient (Wildman–Crippen LogP) is 3.49. The third-order valence-electron chi connectivity index (χ3n) is 5.47. The molecule has 0 amide bonds. The molecule has 7 heteroatoms. The predicted molar refractivity (Wildman–Crippen MR) is 114 cm³/mol. The maximum Gasteiger partial charge on any atom is 0.344 e. The molecule has 0 radical (unpaired) electrons. The molecule has 0 bridgehead atoms. The van der Waals surface area contributed by atoms with Crippen molar-refractivity contribution in [2.45, 2.75) is 12.5 Å². The first kappa shape index (κ1) is 19.5. The molecule has 4 aromatic rings. The second-order valence-corrected chi connectivity index (χ2v) is 7.49. The molecule has 0 aliphatic carbocycles. The van der Waals surface area contributed by atoms with E-state index >= 15 is 0 Å². The van der Waals surface area contributed by atoms with Gasteiger partial charge < -0.3 is 14.9 Å². The van der Waals surface area contributed by atoms with Crippen LogP contribution >= 0.6 is 0 Å². The summed E-state index contributed by atoms with van der Waals surface area (Å²) >= 11 is 0. The number of aromatic nitrogens is 1. The van der Waals surface area contributed by atoms with Gasteiger partial charge in [-0.1, -0.05) is 12.1 Å². The third-order valence-corrected chi connectivity index (χ3v) is 5.47. The molecule has 5 rings (SSSR count). The van der Waals surface area contributed by atoms with Crippen LogP contribution in [-0.4, -0.2) is 0 Å². The van der Waals surface area contributed by atoms with Crippen LogP contribution in [0, 0.1) is 17.1 Å². The summed E-state index contributed by atoms with van der Waals surface area (Å²) in [6.07, 6.45) is 3.69. The van der Waals surface area contributed by atoms with Gasteiger partial charge in [0.05, 0.1) is 16.9 Å². The standard InChI is InChI=1S/C25H17FN3O3/c26-17-9-7-15(8-10-17)13-29-11-3-4-16(14-29)21-19(12-27)24(28)32-23-18-5-1-2-6-20(18)31-25(30)22(21)23/h1-11,14,21H,13,28H2/q+1. The van der Waals surface area contributed by atoms with Crippen molar-refractivity contribution in [1.82, 2.24) is 0 Å². The van der Waals surface area contributed by atoms with Gasteiger partial charge in [0.15, 0.2) is 24.7 Å². The van der Waals surface area contributed by atoms with Crippen LogP contribution in [0.1, 0.15) is 22.6 Å². The topological polar surface area (TPSA) is 93.1 Å². The van der Waals surface area contributed by atoms with Crippen LogP contribution in [0.5, 0.6) is 5.75 Å². The van der Waals surface area contributed by atoms with Crippen molar-refractivity contribution in [2.75, 3.05) is 0 Å². The molecule has 0 spiro atoms. The molecule has 0 fully saturated rings. The van der Waals surface area contributed by atoms with E-state index in [1.165, 1.54) is 12.1 Å². The number of nitrogens with two attached hydrogens (primary N) is 1. The molecule has 3 heterocycles. The van der Waals surface area contributed by atoms with E-state index in [2.05, 4.69) is 6.07 Å². The molecule has 1 unspecified atom stereocenters. The third kappa shape index (κ3) is 3.28. The SMILES string of the molecule is N#CC1=C(N)Oc2c(c(=O)oc3ccccc23)C1c1ccc[n+](Cc2ccc(F)cc2)c1. The van der Waals surface area contributed by atoms with E-state index in [1.54, 1.807) is 36.4 Å². The summed E-state index contributed by atoms with van der Waals surface area (Å²) in [6.45, 7) is 0.484. The number of fused-ring (bicyclic) bond motifs is 3. The minimum absolute atomic E-state index is 0.0466. The van der Waals surface area contributed by atoms with E-state index in [-0.39, 0.29) is 22.8 Å². The van der Waals surface area contributed by atoms with Gasteiger partial charge in [-0.05, 0) is 42.5 Å². The molecule has 156 valence electrons. The van der Waals surface area contributed by atoms with Gasteiger partial charge in [0.1, 0.15) is 23.0 Å². The Bertz CT molecular complexity index is 1480. The van der Waals surface area contributed by atoms with Gasteiger partial charge in [-0.2, -0.15) is 5.26 Å². The fourth-order valence-corrected chi connectivity index (χ4v) is 4.01. The summed E-state index contributed by atoms with van der Waals surface area (Å²) in [5.41, 5.74) is 7.86. The molecule has 1 aliphatic heterocycles. The summed E-state index contributed by atoms with van der Waals surface area (Å²) in [4.78, 5) is 13.0. The number of halogens is 1. The van der Waals surface area contributed by atoms with Crippen LogP contribution < -0.4 is 20.7 Å². The lowest BCUT2D eigenvalue weighted by Gasteiger charge is -2.25. The number of nitriles is 1. The lowest BCUT2D eigenvalue weighted by Crippen LogP contribution is -2.35. The summed E-state index contributed by atoms with van der Waals surface area (Å²) in [5.74, 6) is -0.795. The number of benzene rings is 2. The lowest BCUT2D eigenvalue weighted by atomic mass is 9.84. The van der Waals surface area contributed by atoms with E-state index in [0.717, 1.165) is 5.56 Å². The highest BCUT2D eigenvalue weighted by atomic mass is 19.1. The molecule has 1 atom stereocenters. The summed E-state index contributed by atoms with van der Waals surface area (Å²) in [7, 11) is 0. The summed E-state index contributed by atoms with van der Waals surface area (Å²) in [5, 5.41) is 10.4. The Hall–Kier alpha value is -4.44. The van der Waals surface area contributed by atoms with E-state index < -0.39 is 11.5 Å². The maximum absolute atomic E-state index is 13.2. The molecule has 1 aliphatic rings. The Morgan fingerprint density at radius 3 is 2.66 bits per heavy atom. The second kappa shape index (κ2) is 7.67. The van der Waals surface area contributed by atoms with Gasteiger partial charge >= 0.3 is 5.63 Å². The molecule has 2 aromatic carbocycles. The molecule has 32 heavy (non-hydrogen) atoms. The average Bonchev–Trinajstić information content (AvgIpc) is 2.80. The fraction of sp³-hybridized carbons (Fsp3) is 0.0800. The first-order valence-corrected chi connectivity index (χ1v) is 9.92. The van der Waals surface area contributed by atoms with Gasteiger partial charge in [-0.25, -0.2) is 13.8 Å². The highest BCUT2D eigenvalue weighted by Gasteiger charge is 2.36. The van der Waals surface area contributed by atoms with Crippen LogP contribution in [0.2, 0.25) is 0 Å². The summed E-state index contributed by atoms with van der Waals surface area (Å²) in [6, 6.07) is 19.0. The number of nitrogens with zero attached hydrogens (tertiary/aromatic N) is 2. The van der Waals surface area contributed by atoms with Crippen LogP contribution in [0.4, 0.5) is 4.39 Å². The van der Waals surface area contributed by atoms with E-state index in [4.69, 9.17) is 14.9 Å². The van der Waals surface area contributed by atoms with E-state index in [0.29, 0.717) is 28.8 Å². The first-order chi connectivity index (χ1) is 15.5. The van der Waals surface area contributed by atoms with Crippen molar-refractivity contribution >= 4 is 11.0 Å². The number of pyridine rings is 1. The molecular weight excluding hydrogens is 409 g/mol. The van der Waals surface area contributed by atoms with Crippen molar-refractivity contribution in [3.63, 3.8) is 0 Å². The lowest BCUT2D eigenvalue weighted by molar-refractivity contribution is -0.688. The number of hydrogen-bond donors (Lipinski definition) is 1. The minimum Gasteiger partial charge on any atom is -0.439 e. The van der Waals surface area contributed by atoms with Crippen molar-refractivity contribution in [2.24, 2.45) is 5.73 Å². The summed E-state index contributed by atoms with van der Waals surface area (Å²) < 4.78 is 26.4. The Balaban J connectivity index is 1.66. The second-order valence-electron chi connectivity index (χ2n) is 7.49. The molecular formula is C25H17FN3O3+. The van der Waals surface area contributed by atoms with E-state index in [1.807, 2.05) is 29.1 Å². The van der Waals surface area contributed by atoms with Gasteiger partial charge in [-0.15, -0.1) is 0 Å². The number of para-hydroxylation sites is 1. The minimum atomic E-state index is -0.745. The highest BCUT2D eigenvalue weighted by molar-refractivity contribution is 5.85. The van der Waals surface area contributed by atoms with Crippen LogP contribution in [-0.2, 0) is 6.54 Å². The molecule has 0 saturated heterocycles. The Morgan fingerprint density at radius 1 is 1.09 bits per heavy atom. The Morgan fingerprint density at radius 2 is 1.88 bits per heavy atom. The molecule has 0 saturated carbocycles. The number of rotatable bonds is 3. The average molecular weight is 426 g/mol. The fourth-order valence-electron chi connectivity index (χ4n) is 4.01. The van der Waals surface area contributed by atoms with E-state index in [9.17, 15) is 14.4 Å². The van der Waals surface area contributed by atoms with Crippen molar-refractivity contribution in [1.29, 1.82) is 5.26 Å².